The quantitative estimate of drug-likeness (QED) is 0.732. The molecule has 3 nitrogen and oxygen atoms in total. The normalized spacial score (nSPS) is 17.7. The van der Waals surface area contributed by atoms with Gasteiger partial charge in [0.2, 0.25) is 5.91 Å². The number of nitrogens with zero attached hydrogens (tertiary/aromatic N) is 1. The summed E-state index contributed by atoms with van der Waals surface area (Å²) in [5.41, 5.74) is 0.0379. The van der Waals surface area contributed by atoms with Crippen LogP contribution >= 0.6 is 27.7 Å². The van der Waals surface area contributed by atoms with Crippen LogP contribution in [0.25, 0.3) is 0 Å². The Morgan fingerprint density at radius 1 is 1.40 bits per heavy atom. The smallest absolute Gasteiger partial charge is 0.273 e. The molecule has 1 aliphatic heterocycles. The Balaban J connectivity index is 2.73. The third kappa shape index (κ3) is 2.75. The van der Waals surface area contributed by atoms with E-state index >= 15 is 0 Å². The summed E-state index contributed by atoms with van der Waals surface area (Å²) in [7, 11) is 0. The lowest BCUT2D eigenvalue weighted by Gasteiger charge is -2.32. The molecule has 0 aliphatic carbocycles. The molecule has 0 atom stereocenters. The van der Waals surface area contributed by atoms with Gasteiger partial charge in [0.25, 0.3) is 5.24 Å². The van der Waals surface area contributed by atoms with Gasteiger partial charge in [-0.3, -0.25) is 14.5 Å². The Bertz CT molecular complexity index is 242. The summed E-state index contributed by atoms with van der Waals surface area (Å²) in [4.78, 5) is 24.3. The summed E-state index contributed by atoms with van der Waals surface area (Å²) in [6.07, 6.45) is 1.94. The lowest BCUT2D eigenvalue weighted by atomic mass is 9.84. The van der Waals surface area contributed by atoms with E-state index in [0.29, 0.717) is 12.3 Å². The van der Waals surface area contributed by atoms with Crippen LogP contribution in [0.2, 0.25) is 0 Å². The number of rotatable bonds is 5. The van der Waals surface area contributed by atoms with E-state index in [0.717, 1.165) is 29.9 Å². The van der Waals surface area contributed by atoms with Crippen LogP contribution in [-0.4, -0.2) is 33.7 Å². The number of carbonyl (C=O) groups excluding carboxylic acids is 2. The summed E-state index contributed by atoms with van der Waals surface area (Å²) in [5.74, 6) is 0.266. The first-order valence-electron chi connectivity index (χ1n) is 5.11. The van der Waals surface area contributed by atoms with Crippen LogP contribution in [0.15, 0.2) is 0 Å². The molecular weight excluding hydrogens is 278 g/mol. The third-order valence-corrected chi connectivity index (χ3v) is 5.17. The Labute approximate surface area is 103 Å². The standard InChI is InChI=1S/C10H16BrNO2S/c1-3-10(4-2,6-11)7-12-8(13)5-15-9(12)14/h3-7H2,1-2H3. The molecule has 0 saturated carbocycles. The Kier molecular flexibility index (Phi) is 4.64. The van der Waals surface area contributed by atoms with Crippen molar-refractivity contribution < 1.29 is 9.59 Å². The monoisotopic (exact) mass is 293 g/mol. The largest absolute Gasteiger partial charge is 0.288 e. The van der Waals surface area contributed by atoms with Crippen molar-refractivity contribution >= 4 is 38.8 Å². The maximum absolute atomic E-state index is 11.5. The summed E-state index contributed by atoms with van der Waals surface area (Å²) < 4.78 is 0. The summed E-state index contributed by atoms with van der Waals surface area (Å²) in [5, 5.41) is 0.738. The number of imide groups is 1. The van der Waals surface area contributed by atoms with Gasteiger partial charge in [0.1, 0.15) is 0 Å². The maximum atomic E-state index is 11.5. The number of amides is 2. The molecule has 15 heavy (non-hydrogen) atoms. The van der Waals surface area contributed by atoms with Gasteiger partial charge in [-0.05, 0) is 18.3 Å². The number of thioether (sulfide) groups is 1. The fourth-order valence-electron chi connectivity index (χ4n) is 1.57. The summed E-state index contributed by atoms with van der Waals surface area (Å²) >= 11 is 4.59. The molecule has 0 spiro atoms. The predicted octanol–water partition coefficient (Wildman–Crippen LogP) is 2.88. The lowest BCUT2D eigenvalue weighted by molar-refractivity contribution is -0.125. The molecule has 86 valence electrons. The number of hydrogen-bond donors (Lipinski definition) is 0. The van der Waals surface area contributed by atoms with E-state index in [1.807, 2.05) is 0 Å². The highest BCUT2D eigenvalue weighted by molar-refractivity contribution is 9.09. The van der Waals surface area contributed by atoms with Crippen LogP contribution in [0.1, 0.15) is 26.7 Å². The van der Waals surface area contributed by atoms with Crippen molar-refractivity contribution in [2.75, 3.05) is 17.6 Å². The van der Waals surface area contributed by atoms with Gasteiger partial charge in [-0.1, -0.05) is 41.5 Å². The highest BCUT2D eigenvalue weighted by Gasteiger charge is 2.36. The topological polar surface area (TPSA) is 37.4 Å². The van der Waals surface area contributed by atoms with Crippen LogP contribution in [0.3, 0.4) is 0 Å². The predicted molar refractivity (Wildman–Crippen MR) is 66.4 cm³/mol. The maximum Gasteiger partial charge on any atom is 0.288 e. The SMILES string of the molecule is CCC(CC)(CBr)CN1C(=O)CSC1=O. The third-order valence-electron chi connectivity index (χ3n) is 3.12. The van der Waals surface area contributed by atoms with Crippen LogP contribution in [0.5, 0.6) is 0 Å². The number of carbonyl (C=O) groups is 2. The second-order valence-electron chi connectivity index (χ2n) is 3.88. The molecule has 0 N–H and O–H groups in total. The molecule has 0 unspecified atom stereocenters. The number of hydrogen-bond acceptors (Lipinski definition) is 3. The highest BCUT2D eigenvalue weighted by atomic mass is 79.9. The molecule has 0 aromatic heterocycles. The average molecular weight is 294 g/mol. The van der Waals surface area contributed by atoms with Crippen molar-refractivity contribution in [2.24, 2.45) is 5.41 Å². The molecule has 1 heterocycles. The minimum atomic E-state index is -0.0905. The molecule has 1 saturated heterocycles. The molecule has 1 rings (SSSR count). The van der Waals surface area contributed by atoms with Crippen molar-refractivity contribution in [2.45, 2.75) is 26.7 Å². The molecule has 0 radical (unpaired) electrons. The van der Waals surface area contributed by atoms with E-state index in [2.05, 4.69) is 29.8 Å². The Morgan fingerprint density at radius 2 is 2.00 bits per heavy atom. The van der Waals surface area contributed by atoms with Crippen LogP contribution in [0, 0.1) is 5.41 Å². The van der Waals surface area contributed by atoms with Crippen LogP contribution in [-0.2, 0) is 4.79 Å². The van der Waals surface area contributed by atoms with Crippen LogP contribution < -0.4 is 0 Å². The fraction of sp³-hybridized carbons (Fsp3) is 0.800. The summed E-state index contributed by atoms with van der Waals surface area (Å²) in [6, 6.07) is 0. The first-order valence-corrected chi connectivity index (χ1v) is 7.22. The number of alkyl halides is 1. The van der Waals surface area contributed by atoms with Gasteiger partial charge < -0.3 is 0 Å². The minimum absolute atomic E-state index is 0.0379. The van der Waals surface area contributed by atoms with Gasteiger partial charge in [-0.25, -0.2) is 0 Å². The van der Waals surface area contributed by atoms with Crippen molar-refractivity contribution in [3.63, 3.8) is 0 Å². The van der Waals surface area contributed by atoms with E-state index in [1.54, 1.807) is 0 Å². The Morgan fingerprint density at radius 3 is 2.33 bits per heavy atom. The zero-order valence-corrected chi connectivity index (χ0v) is 11.5. The second-order valence-corrected chi connectivity index (χ2v) is 5.36. The van der Waals surface area contributed by atoms with Crippen molar-refractivity contribution in [3.8, 4) is 0 Å². The zero-order valence-electron chi connectivity index (χ0n) is 9.09. The van der Waals surface area contributed by atoms with Gasteiger partial charge in [0.05, 0.1) is 5.75 Å². The Hall–Kier alpha value is -0.0300. The summed E-state index contributed by atoms with van der Waals surface area (Å²) in [6.45, 7) is 4.75. The first-order chi connectivity index (χ1) is 7.08. The van der Waals surface area contributed by atoms with E-state index < -0.39 is 0 Å². The fourth-order valence-corrected chi connectivity index (χ4v) is 3.27. The average Bonchev–Trinajstić information content (AvgIpc) is 2.57. The van der Waals surface area contributed by atoms with E-state index in [9.17, 15) is 9.59 Å². The van der Waals surface area contributed by atoms with Crippen LogP contribution in [0.4, 0.5) is 4.79 Å². The lowest BCUT2D eigenvalue weighted by Crippen LogP contribution is -2.41. The first kappa shape index (κ1) is 13.0. The van der Waals surface area contributed by atoms with E-state index in [1.165, 1.54) is 4.90 Å². The molecule has 2 amide bonds. The molecule has 1 fully saturated rings. The molecule has 0 aromatic rings. The molecule has 5 heteroatoms. The number of halogens is 1. The van der Waals surface area contributed by atoms with Crippen molar-refractivity contribution in [3.05, 3.63) is 0 Å². The van der Waals surface area contributed by atoms with Crippen molar-refractivity contribution in [1.29, 1.82) is 0 Å². The highest BCUT2D eigenvalue weighted by Crippen LogP contribution is 2.32. The van der Waals surface area contributed by atoms with Gasteiger partial charge in [-0.2, -0.15) is 0 Å². The van der Waals surface area contributed by atoms with E-state index in [4.69, 9.17) is 0 Å². The van der Waals surface area contributed by atoms with Gasteiger partial charge in [0, 0.05) is 11.9 Å². The van der Waals surface area contributed by atoms with Gasteiger partial charge in [-0.15, -0.1) is 0 Å². The molecule has 0 aromatic carbocycles. The molecule has 1 aliphatic rings. The molecular formula is C10H16BrNO2S. The molecule has 0 bridgehead atoms. The second kappa shape index (κ2) is 5.34. The van der Waals surface area contributed by atoms with Gasteiger partial charge in [0.15, 0.2) is 0 Å². The minimum Gasteiger partial charge on any atom is -0.273 e. The van der Waals surface area contributed by atoms with E-state index in [-0.39, 0.29) is 16.6 Å². The zero-order chi connectivity index (χ0) is 11.5. The van der Waals surface area contributed by atoms with Gasteiger partial charge >= 0.3 is 0 Å². The van der Waals surface area contributed by atoms with Crippen molar-refractivity contribution in [1.82, 2.24) is 4.90 Å².